The van der Waals surface area contributed by atoms with Gasteiger partial charge in [0.05, 0.1) is 10.7 Å². The fourth-order valence-electron chi connectivity index (χ4n) is 3.20. The van der Waals surface area contributed by atoms with Crippen molar-refractivity contribution in [3.63, 3.8) is 0 Å². The van der Waals surface area contributed by atoms with Crippen LogP contribution in [0, 0.1) is 0 Å². The number of nitrogens with zero attached hydrogens (tertiary/aromatic N) is 3. The van der Waals surface area contributed by atoms with E-state index >= 15 is 0 Å². The Morgan fingerprint density at radius 1 is 1.28 bits per heavy atom. The molecule has 1 aromatic carbocycles. The van der Waals surface area contributed by atoms with Gasteiger partial charge in [-0.15, -0.1) is 0 Å². The lowest BCUT2D eigenvalue weighted by atomic mass is 10.1. The molecule has 4 nitrogen and oxygen atoms in total. The summed E-state index contributed by atoms with van der Waals surface area (Å²) in [6.07, 6.45) is 3.12. The minimum atomic E-state index is 0.287. The largest absolute Gasteiger partial charge is 0.489 e. The van der Waals surface area contributed by atoms with Gasteiger partial charge in [-0.1, -0.05) is 11.6 Å². The molecule has 0 bridgehead atoms. The molecule has 3 heterocycles. The molecule has 3 aromatic rings. The van der Waals surface area contributed by atoms with Crippen LogP contribution in [0.1, 0.15) is 6.42 Å². The monoisotopic (exact) mass is 485 g/mol. The maximum Gasteiger partial charge on any atom is 0.152 e. The predicted octanol–water partition coefficient (Wildman–Crippen LogP) is 5.29. The second-order valence-corrected chi connectivity index (χ2v) is 8.33. The summed E-state index contributed by atoms with van der Waals surface area (Å²) < 4.78 is 8.18. The van der Waals surface area contributed by atoms with Crippen LogP contribution in [0.25, 0.3) is 22.3 Å². The minimum absolute atomic E-state index is 0.287. The van der Waals surface area contributed by atoms with Crippen LogP contribution in [0.5, 0.6) is 5.75 Å². The molecule has 0 spiro atoms. The molecular formula is C18H17ClIN3OS. The molecule has 130 valence electrons. The molecule has 2 aromatic heterocycles. The molecule has 1 unspecified atom stereocenters. The summed E-state index contributed by atoms with van der Waals surface area (Å²) >= 11 is 8.60. The van der Waals surface area contributed by atoms with Crippen molar-refractivity contribution in [2.75, 3.05) is 20.1 Å². The van der Waals surface area contributed by atoms with E-state index in [-0.39, 0.29) is 6.10 Å². The molecule has 0 radical (unpaired) electrons. The van der Waals surface area contributed by atoms with E-state index in [9.17, 15) is 0 Å². The first-order valence-corrected chi connectivity index (χ1v) is 11.8. The quantitative estimate of drug-likeness (QED) is 0.470. The number of fused-ring (bicyclic) bond motifs is 1. The van der Waals surface area contributed by atoms with Gasteiger partial charge in [-0.3, -0.25) is 3.97 Å². The van der Waals surface area contributed by atoms with Gasteiger partial charge in [0.15, 0.2) is 5.65 Å². The maximum absolute atomic E-state index is 6.33. The van der Waals surface area contributed by atoms with E-state index in [1.165, 1.54) is 0 Å². The van der Waals surface area contributed by atoms with Crippen LogP contribution in [-0.4, -0.2) is 40.1 Å². The Labute approximate surface area is 168 Å². The van der Waals surface area contributed by atoms with Gasteiger partial charge in [0.25, 0.3) is 0 Å². The molecule has 0 N–H and O–H groups in total. The van der Waals surface area contributed by atoms with Crippen molar-refractivity contribution < 1.29 is 4.74 Å². The highest BCUT2D eigenvalue weighted by molar-refractivity contribution is 14.2. The van der Waals surface area contributed by atoms with Crippen LogP contribution in [0.4, 0.5) is 0 Å². The molecule has 1 saturated heterocycles. The minimum Gasteiger partial charge on any atom is -0.489 e. The van der Waals surface area contributed by atoms with Crippen LogP contribution in [0.2, 0.25) is 5.02 Å². The van der Waals surface area contributed by atoms with Crippen molar-refractivity contribution >= 4 is 53.0 Å². The van der Waals surface area contributed by atoms with Gasteiger partial charge in [-0.05, 0) is 55.4 Å². The third kappa shape index (κ3) is 3.49. The summed E-state index contributed by atoms with van der Waals surface area (Å²) in [5.74, 6) is 0.921. The van der Waals surface area contributed by atoms with E-state index in [0.29, 0.717) is 0 Å². The number of ether oxygens (including phenoxy) is 1. The number of rotatable bonds is 4. The summed E-state index contributed by atoms with van der Waals surface area (Å²) in [5.41, 5.74) is 3.09. The maximum atomic E-state index is 6.33. The van der Waals surface area contributed by atoms with Crippen LogP contribution in [-0.2, 0) is 0 Å². The lowest BCUT2D eigenvalue weighted by Crippen LogP contribution is -2.21. The first-order valence-electron chi connectivity index (χ1n) is 8.06. The summed E-state index contributed by atoms with van der Waals surface area (Å²) in [5, 5.41) is 1.69. The lowest BCUT2D eigenvalue weighted by Gasteiger charge is -2.14. The number of likely N-dealkylation sites (tertiary alicyclic amines) is 1. The second kappa shape index (κ2) is 7.34. The zero-order chi connectivity index (χ0) is 17.4. The van der Waals surface area contributed by atoms with E-state index < -0.39 is 0 Å². The number of halogens is 2. The molecular weight excluding hydrogens is 469 g/mol. The van der Waals surface area contributed by atoms with Gasteiger partial charge in [0, 0.05) is 55.0 Å². The van der Waals surface area contributed by atoms with Gasteiger partial charge >= 0.3 is 0 Å². The number of hydrogen-bond acceptors (Lipinski definition) is 4. The normalized spacial score (nSPS) is 18.1. The van der Waals surface area contributed by atoms with Crippen LogP contribution in [0.3, 0.4) is 0 Å². The smallest absolute Gasteiger partial charge is 0.152 e. The first kappa shape index (κ1) is 17.5. The molecule has 1 aliphatic heterocycles. The third-order valence-corrected chi connectivity index (χ3v) is 6.50. The van der Waals surface area contributed by atoms with Crippen LogP contribution in [0.15, 0.2) is 42.6 Å². The highest BCUT2D eigenvalue weighted by Crippen LogP contribution is 2.36. The fourth-order valence-corrected chi connectivity index (χ4v) is 5.04. The number of benzene rings is 1. The molecule has 1 aliphatic rings. The fraction of sp³-hybridized carbons (Fsp3) is 0.278. The van der Waals surface area contributed by atoms with Gasteiger partial charge in [-0.2, -0.15) is 0 Å². The Kier molecular flexibility index (Phi) is 5.13. The van der Waals surface area contributed by atoms with Gasteiger partial charge in [-0.25, -0.2) is 4.98 Å². The predicted molar refractivity (Wildman–Crippen MR) is 114 cm³/mol. The zero-order valence-electron chi connectivity index (χ0n) is 13.7. The van der Waals surface area contributed by atoms with E-state index in [4.69, 9.17) is 16.3 Å². The Hall–Kier alpha value is -0.960. The van der Waals surface area contributed by atoms with E-state index in [1.807, 2.05) is 18.2 Å². The van der Waals surface area contributed by atoms with Crippen molar-refractivity contribution in [3.05, 3.63) is 47.6 Å². The Morgan fingerprint density at radius 3 is 2.76 bits per heavy atom. The van der Waals surface area contributed by atoms with E-state index in [1.54, 1.807) is 15.3 Å². The zero-order valence-corrected chi connectivity index (χ0v) is 17.4. The number of pyridine rings is 1. The average molecular weight is 486 g/mol. The van der Waals surface area contributed by atoms with E-state index in [0.717, 1.165) is 52.6 Å². The number of likely N-dealkylation sites (N-methyl/N-ethyl adjacent to an activating group) is 1. The highest BCUT2D eigenvalue weighted by atomic mass is 127. The van der Waals surface area contributed by atoms with Crippen molar-refractivity contribution in [2.45, 2.75) is 12.5 Å². The molecule has 25 heavy (non-hydrogen) atoms. The molecule has 0 amide bonds. The summed E-state index contributed by atoms with van der Waals surface area (Å²) in [4.78, 5) is 6.77. The summed E-state index contributed by atoms with van der Waals surface area (Å²) in [6.45, 7) is 2.09. The molecule has 4 rings (SSSR count). The topological polar surface area (TPSA) is 30.3 Å². The Bertz CT molecular complexity index is 899. The van der Waals surface area contributed by atoms with Gasteiger partial charge in [0.1, 0.15) is 11.9 Å². The van der Waals surface area contributed by atoms with Gasteiger partial charge in [0.2, 0.25) is 0 Å². The molecule has 7 heteroatoms. The second-order valence-electron chi connectivity index (χ2n) is 6.24. The van der Waals surface area contributed by atoms with E-state index in [2.05, 4.69) is 60.3 Å². The Morgan fingerprint density at radius 2 is 2.08 bits per heavy atom. The molecule has 1 fully saturated rings. The number of aromatic nitrogens is 2. The van der Waals surface area contributed by atoms with Crippen LogP contribution < -0.4 is 4.74 Å². The lowest BCUT2D eigenvalue weighted by molar-refractivity contribution is 0.208. The SMILES string of the molecule is CN1CCC(Oc2ccc(-c3cc4c(Cl)ccnc4n3SI)cc2)C1. The molecule has 0 aliphatic carbocycles. The summed E-state index contributed by atoms with van der Waals surface area (Å²) in [7, 11) is 3.73. The standard InChI is InChI=1S/C18H17ClIN3OS/c1-22-9-7-14(11-22)24-13-4-2-12(3-5-13)17-10-15-16(19)6-8-21-18(15)23(17)25-20/h2-6,8,10,14H,7,9,11H2,1H3. The van der Waals surface area contributed by atoms with Gasteiger partial charge < -0.3 is 9.64 Å². The molecule has 1 atom stereocenters. The molecule has 0 saturated carbocycles. The van der Waals surface area contributed by atoms with Crippen molar-refractivity contribution in [1.29, 1.82) is 0 Å². The summed E-state index contributed by atoms with van der Waals surface area (Å²) in [6, 6.07) is 12.2. The van der Waals surface area contributed by atoms with Crippen molar-refractivity contribution in [3.8, 4) is 17.0 Å². The average Bonchev–Trinajstić information content (AvgIpc) is 3.19. The third-order valence-electron chi connectivity index (χ3n) is 4.48. The van der Waals surface area contributed by atoms with Crippen molar-refractivity contribution in [1.82, 2.24) is 13.9 Å². The Balaban J connectivity index is 1.64. The van der Waals surface area contributed by atoms with Crippen molar-refractivity contribution in [2.24, 2.45) is 0 Å². The first-order chi connectivity index (χ1) is 12.2. The highest BCUT2D eigenvalue weighted by Gasteiger charge is 2.21. The van der Waals surface area contributed by atoms with Crippen LogP contribution >= 0.6 is 41.9 Å². The number of hydrogen-bond donors (Lipinski definition) is 0.